The minimum Gasteiger partial charge on any atom is -0.496 e. The number of rotatable bonds is 3. The maximum absolute atomic E-state index is 12.2. The Labute approximate surface area is 126 Å². The SMILES string of the molecule is COc1ccc(C(=O)Nc2cc(C)ccc2N)cc1Br. The molecular weight excluding hydrogens is 320 g/mol. The molecule has 0 aliphatic heterocycles. The van der Waals surface area contributed by atoms with E-state index in [0.717, 1.165) is 10.0 Å². The van der Waals surface area contributed by atoms with E-state index in [9.17, 15) is 4.79 Å². The molecule has 0 saturated carbocycles. The van der Waals surface area contributed by atoms with Crippen LogP contribution in [0.25, 0.3) is 0 Å². The van der Waals surface area contributed by atoms with Gasteiger partial charge < -0.3 is 15.8 Å². The first kappa shape index (κ1) is 14.4. The number of carbonyl (C=O) groups excluding carboxylic acids is 1. The first-order valence-corrected chi connectivity index (χ1v) is 6.81. The Balaban J connectivity index is 2.24. The molecule has 0 unspecified atom stereocenters. The molecule has 0 aromatic heterocycles. The van der Waals surface area contributed by atoms with E-state index >= 15 is 0 Å². The number of carbonyl (C=O) groups is 1. The van der Waals surface area contributed by atoms with Crippen LogP contribution in [0.2, 0.25) is 0 Å². The number of methoxy groups -OCH3 is 1. The quantitative estimate of drug-likeness (QED) is 0.843. The van der Waals surface area contributed by atoms with Crippen LogP contribution in [0.5, 0.6) is 5.75 Å². The van der Waals surface area contributed by atoms with Crippen molar-refractivity contribution in [3.63, 3.8) is 0 Å². The van der Waals surface area contributed by atoms with E-state index in [4.69, 9.17) is 10.5 Å². The highest BCUT2D eigenvalue weighted by molar-refractivity contribution is 9.10. The Morgan fingerprint density at radius 1 is 1.25 bits per heavy atom. The molecule has 2 aromatic rings. The molecule has 0 heterocycles. The van der Waals surface area contributed by atoms with Crippen LogP contribution in [-0.2, 0) is 0 Å². The molecule has 20 heavy (non-hydrogen) atoms. The maximum atomic E-state index is 12.2. The zero-order chi connectivity index (χ0) is 14.7. The fourth-order valence-corrected chi connectivity index (χ4v) is 2.32. The molecule has 0 bridgehead atoms. The van der Waals surface area contributed by atoms with E-state index in [1.54, 1.807) is 31.4 Å². The minimum absolute atomic E-state index is 0.217. The fourth-order valence-electron chi connectivity index (χ4n) is 1.78. The molecule has 3 N–H and O–H groups in total. The van der Waals surface area contributed by atoms with Gasteiger partial charge in [0.05, 0.1) is 23.0 Å². The predicted molar refractivity (Wildman–Crippen MR) is 84.2 cm³/mol. The molecule has 0 aliphatic carbocycles. The third kappa shape index (κ3) is 3.11. The Morgan fingerprint density at radius 2 is 2.00 bits per heavy atom. The lowest BCUT2D eigenvalue weighted by molar-refractivity contribution is 0.102. The Morgan fingerprint density at radius 3 is 2.65 bits per heavy atom. The summed E-state index contributed by atoms with van der Waals surface area (Å²) in [6.07, 6.45) is 0. The summed E-state index contributed by atoms with van der Waals surface area (Å²) in [5, 5.41) is 2.81. The van der Waals surface area contributed by atoms with Gasteiger partial charge in [-0.25, -0.2) is 0 Å². The van der Waals surface area contributed by atoms with Crippen molar-refractivity contribution in [1.82, 2.24) is 0 Å². The van der Waals surface area contributed by atoms with Crippen LogP contribution in [0.1, 0.15) is 15.9 Å². The largest absolute Gasteiger partial charge is 0.496 e. The topological polar surface area (TPSA) is 64.3 Å². The van der Waals surface area contributed by atoms with Crippen molar-refractivity contribution >= 4 is 33.2 Å². The first-order valence-electron chi connectivity index (χ1n) is 6.02. The van der Waals surface area contributed by atoms with Crippen molar-refractivity contribution in [2.24, 2.45) is 0 Å². The summed E-state index contributed by atoms with van der Waals surface area (Å²) in [5.41, 5.74) is 8.56. The van der Waals surface area contributed by atoms with Gasteiger partial charge in [0.1, 0.15) is 5.75 Å². The molecule has 0 aliphatic rings. The minimum atomic E-state index is -0.217. The highest BCUT2D eigenvalue weighted by atomic mass is 79.9. The van der Waals surface area contributed by atoms with Crippen LogP contribution < -0.4 is 15.8 Å². The Hall–Kier alpha value is -2.01. The maximum Gasteiger partial charge on any atom is 0.255 e. The predicted octanol–water partition coefficient (Wildman–Crippen LogP) is 3.60. The van der Waals surface area contributed by atoms with Crippen LogP contribution in [0.3, 0.4) is 0 Å². The number of ether oxygens (including phenoxy) is 1. The van der Waals surface area contributed by atoms with E-state index in [1.807, 2.05) is 19.1 Å². The number of amides is 1. The van der Waals surface area contributed by atoms with Crippen molar-refractivity contribution in [2.45, 2.75) is 6.92 Å². The molecule has 0 saturated heterocycles. The molecule has 2 rings (SSSR count). The summed E-state index contributed by atoms with van der Waals surface area (Å²) in [4.78, 5) is 12.2. The first-order chi connectivity index (χ1) is 9.51. The van der Waals surface area contributed by atoms with Gasteiger partial charge in [0.25, 0.3) is 5.91 Å². The summed E-state index contributed by atoms with van der Waals surface area (Å²) in [6.45, 7) is 1.94. The molecular formula is C15H15BrN2O2. The van der Waals surface area contributed by atoms with Gasteiger partial charge in [-0.1, -0.05) is 6.07 Å². The van der Waals surface area contributed by atoms with Crippen molar-refractivity contribution in [2.75, 3.05) is 18.2 Å². The summed E-state index contributed by atoms with van der Waals surface area (Å²) < 4.78 is 5.86. The van der Waals surface area contributed by atoms with Gasteiger partial charge in [-0.05, 0) is 58.7 Å². The van der Waals surface area contributed by atoms with Crippen LogP contribution in [0.15, 0.2) is 40.9 Å². The third-order valence-electron chi connectivity index (χ3n) is 2.87. The second-order valence-electron chi connectivity index (χ2n) is 4.39. The standard InChI is InChI=1S/C15H15BrN2O2/c1-9-3-5-12(17)13(7-9)18-15(19)10-4-6-14(20-2)11(16)8-10/h3-8H,17H2,1-2H3,(H,18,19). The zero-order valence-corrected chi connectivity index (χ0v) is 12.8. The lowest BCUT2D eigenvalue weighted by Crippen LogP contribution is -2.13. The van der Waals surface area contributed by atoms with Crippen LogP contribution in [0, 0.1) is 6.92 Å². The lowest BCUT2D eigenvalue weighted by atomic mass is 10.1. The highest BCUT2D eigenvalue weighted by Crippen LogP contribution is 2.26. The smallest absolute Gasteiger partial charge is 0.255 e. The van der Waals surface area contributed by atoms with Crippen molar-refractivity contribution in [1.29, 1.82) is 0 Å². The Kier molecular flexibility index (Phi) is 4.29. The third-order valence-corrected chi connectivity index (χ3v) is 3.49. The van der Waals surface area contributed by atoms with E-state index in [1.165, 1.54) is 0 Å². The van der Waals surface area contributed by atoms with Crippen LogP contribution >= 0.6 is 15.9 Å². The summed E-state index contributed by atoms with van der Waals surface area (Å²) in [7, 11) is 1.58. The second kappa shape index (κ2) is 5.96. The number of anilines is 2. The molecule has 5 heteroatoms. The monoisotopic (exact) mass is 334 g/mol. The van der Waals surface area contributed by atoms with E-state index in [0.29, 0.717) is 22.7 Å². The van der Waals surface area contributed by atoms with E-state index in [-0.39, 0.29) is 5.91 Å². The van der Waals surface area contributed by atoms with Crippen molar-refractivity contribution < 1.29 is 9.53 Å². The van der Waals surface area contributed by atoms with Gasteiger partial charge in [0, 0.05) is 5.56 Å². The molecule has 104 valence electrons. The number of aryl methyl sites for hydroxylation is 1. The summed E-state index contributed by atoms with van der Waals surface area (Å²) in [5.74, 6) is 0.460. The average Bonchev–Trinajstić information content (AvgIpc) is 2.42. The zero-order valence-electron chi connectivity index (χ0n) is 11.2. The Bertz CT molecular complexity index is 656. The van der Waals surface area contributed by atoms with Gasteiger partial charge in [-0.3, -0.25) is 4.79 Å². The van der Waals surface area contributed by atoms with Crippen LogP contribution in [-0.4, -0.2) is 13.0 Å². The number of benzene rings is 2. The number of hydrogen-bond acceptors (Lipinski definition) is 3. The number of nitrogens with two attached hydrogens (primary N) is 1. The van der Waals surface area contributed by atoms with Crippen LogP contribution in [0.4, 0.5) is 11.4 Å². The van der Waals surface area contributed by atoms with Gasteiger partial charge in [0.15, 0.2) is 0 Å². The molecule has 1 amide bonds. The van der Waals surface area contributed by atoms with Crippen molar-refractivity contribution in [3.8, 4) is 5.75 Å². The van der Waals surface area contributed by atoms with Gasteiger partial charge in [-0.15, -0.1) is 0 Å². The van der Waals surface area contributed by atoms with E-state index in [2.05, 4.69) is 21.2 Å². The van der Waals surface area contributed by atoms with Gasteiger partial charge >= 0.3 is 0 Å². The fraction of sp³-hybridized carbons (Fsp3) is 0.133. The average molecular weight is 335 g/mol. The normalized spacial score (nSPS) is 10.2. The lowest BCUT2D eigenvalue weighted by Gasteiger charge is -2.10. The summed E-state index contributed by atoms with van der Waals surface area (Å²) in [6, 6.07) is 10.7. The number of hydrogen-bond donors (Lipinski definition) is 2. The van der Waals surface area contributed by atoms with Gasteiger partial charge in [-0.2, -0.15) is 0 Å². The summed E-state index contributed by atoms with van der Waals surface area (Å²) >= 11 is 3.36. The molecule has 0 atom stereocenters. The highest BCUT2D eigenvalue weighted by Gasteiger charge is 2.10. The molecule has 0 spiro atoms. The van der Waals surface area contributed by atoms with Gasteiger partial charge in [0.2, 0.25) is 0 Å². The van der Waals surface area contributed by atoms with E-state index < -0.39 is 0 Å². The number of nitrogen functional groups attached to an aromatic ring is 1. The molecule has 4 nitrogen and oxygen atoms in total. The molecule has 0 radical (unpaired) electrons. The molecule has 0 fully saturated rings. The second-order valence-corrected chi connectivity index (χ2v) is 5.25. The number of nitrogens with one attached hydrogen (secondary N) is 1. The molecule has 2 aromatic carbocycles. The van der Waals surface area contributed by atoms with Crippen molar-refractivity contribution in [3.05, 3.63) is 52.0 Å². The number of halogens is 1.